The molecule has 0 N–H and O–H groups in total. The van der Waals surface area contributed by atoms with Gasteiger partial charge >= 0.3 is 0 Å². The molecule has 0 aliphatic rings. The van der Waals surface area contributed by atoms with Crippen LogP contribution in [0.3, 0.4) is 0 Å². The van der Waals surface area contributed by atoms with Crippen LogP contribution in [-0.4, -0.2) is 25.6 Å². The third-order valence-electron chi connectivity index (χ3n) is 1.14. The molecule has 0 spiro atoms. The van der Waals surface area contributed by atoms with Crippen molar-refractivity contribution in [3.63, 3.8) is 0 Å². The maximum Gasteiger partial charge on any atom is 0.236 e. The Kier molecular flexibility index (Phi) is 1.88. The standard InChI is InChI=1S/C5H2N4OS2/c10-4(3-1-6-9-12-3)5-8-7-2-11-5/h1-2H. The van der Waals surface area contributed by atoms with Crippen LogP contribution in [-0.2, 0) is 0 Å². The van der Waals surface area contributed by atoms with Gasteiger partial charge < -0.3 is 0 Å². The minimum atomic E-state index is -0.160. The number of rotatable bonds is 2. The summed E-state index contributed by atoms with van der Waals surface area (Å²) in [5, 5.41) is 11.1. The van der Waals surface area contributed by atoms with Crippen molar-refractivity contribution in [3.05, 3.63) is 21.6 Å². The summed E-state index contributed by atoms with van der Waals surface area (Å²) in [6.45, 7) is 0. The van der Waals surface area contributed by atoms with E-state index in [0.717, 1.165) is 11.5 Å². The van der Waals surface area contributed by atoms with Gasteiger partial charge in [0.15, 0.2) is 5.01 Å². The van der Waals surface area contributed by atoms with Crippen molar-refractivity contribution in [1.82, 2.24) is 19.8 Å². The van der Waals surface area contributed by atoms with Crippen LogP contribution in [0, 0.1) is 0 Å². The summed E-state index contributed by atoms with van der Waals surface area (Å²) < 4.78 is 3.58. The summed E-state index contributed by atoms with van der Waals surface area (Å²) >= 11 is 2.27. The second kappa shape index (κ2) is 3.03. The average molecular weight is 198 g/mol. The monoisotopic (exact) mass is 198 g/mol. The van der Waals surface area contributed by atoms with Crippen molar-refractivity contribution in [1.29, 1.82) is 0 Å². The zero-order valence-corrected chi connectivity index (χ0v) is 7.30. The molecule has 0 aliphatic carbocycles. The lowest BCUT2D eigenvalue weighted by molar-refractivity contribution is 0.104. The molecule has 2 aromatic heterocycles. The van der Waals surface area contributed by atoms with Gasteiger partial charge in [-0.2, -0.15) is 0 Å². The lowest BCUT2D eigenvalue weighted by Gasteiger charge is -1.84. The van der Waals surface area contributed by atoms with Crippen molar-refractivity contribution < 1.29 is 4.79 Å². The highest BCUT2D eigenvalue weighted by Gasteiger charge is 2.14. The van der Waals surface area contributed by atoms with Crippen LogP contribution >= 0.6 is 22.9 Å². The molecule has 60 valence electrons. The van der Waals surface area contributed by atoms with Crippen LogP contribution in [0.15, 0.2) is 11.7 Å². The zero-order valence-electron chi connectivity index (χ0n) is 5.67. The van der Waals surface area contributed by atoms with Gasteiger partial charge in [0.05, 0.1) is 6.20 Å². The Hall–Kier alpha value is -1.21. The Morgan fingerprint density at radius 2 is 2.33 bits per heavy atom. The fraction of sp³-hybridized carbons (Fsp3) is 0. The van der Waals surface area contributed by atoms with E-state index in [1.807, 2.05) is 0 Å². The molecule has 0 saturated carbocycles. The first-order chi connectivity index (χ1) is 5.88. The Balaban J connectivity index is 2.34. The Bertz CT molecular complexity index is 332. The Labute approximate surface area is 75.3 Å². The molecule has 12 heavy (non-hydrogen) atoms. The molecule has 0 atom stereocenters. The van der Waals surface area contributed by atoms with E-state index >= 15 is 0 Å². The highest BCUT2D eigenvalue weighted by molar-refractivity contribution is 7.13. The Morgan fingerprint density at radius 3 is 2.92 bits per heavy atom. The third kappa shape index (κ3) is 1.23. The van der Waals surface area contributed by atoms with Crippen molar-refractivity contribution >= 4 is 28.7 Å². The number of aromatic nitrogens is 4. The number of carbonyl (C=O) groups excluding carboxylic acids is 1. The lowest BCUT2D eigenvalue weighted by Crippen LogP contribution is -1.97. The predicted molar refractivity (Wildman–Crippen MR) is 43.3 cm³/mol. The summed E-state index contributed by atoms with van der Waals surface area (Å²) in [7, 11) is 0. The van der Waals surface area contributed by atoms with Gasteiger partial charge in [0.2, 0.25) is 5.78 Å². The first-order valence-electron chi connectivity index (χ1n) is 2.96. The minimum absolute atomic E-state index is 0.160. The summed E-state index contributed by atoms with van der Waals surface area (Å²) in [6, 6.07) is 0. The van der Waals surface area contributed by atoms with Crippen molar-refractivity contribution in [2.24, 2.45) is 0 Å². The summed E-state index contributed by atoms with van der Waals surface area (Å²) in [5.74, 6) is -0.160. The highest BCUT2D eigenvalue weighted by atomic mass is 32.1. The molecule has 2 rings (SSSR count). The van der Waals surface area contributed by atoms with Crippen molar-refractivity contribution in [2.45, 2.75) is 0 Å². The molecule has 0 unspecified atom stereocenters. The number of hydrogen-bond acceptors (Lipinski definition) is 7. The normalized spacial score (nSPS) is 10.0. The number of carbonyl (C=O) groups is 1. The quantitative estimate of drug-likeness (QED) is 0.662. The third-order valence-corrected chi connectivity index (χ3v) is 2.49. The van der Waals surface area contributed by atoms with E-state index in [1.165, 1.54) is 23.0 Å². The SMILES string of the molecule is O=C(c1cnns1)c1nncs1. The number of ketones is 1. The zero-order chi connectivity index (χ0) is 8.39. The van der Waals surface area contributed by atoms with Crippen LogP contribution in [0.25, 0.3) is 0 Å². The van der Waals surface area contributed by atoms with Gasteiger partial charge in [0, 0.05) is 0 Å². The molecule has 2 aromatic rings. The maximum absolute atomic E-state index is 11.4. The fourth-order valence-corrected chi connectivity index (χ4v) is 1.67. The van der Waals surface area contributed by atoms with Gasteiger partial charge in [-0.05, 0) is 11.5 Å². The lowest BCUT2D eigenvalue weighted by atomic mass is 10.4. The van der Waals surface area contributed by atoms with Gasteiger partial charge in [-0.15, -0.1) is 15.3 Å². The van der Waals surface area contributed by atoms with E-state index in [1.54, 1.807) is 0 Å². The minimum Gasteiger partial charge on any atom is -0.285 e. The van der Waals surface area contributed by atoms with E-state index in [2.05, 4.69) is 19.8 Å². The van der Waals surface area contributed by atoms with Gasteiger partial charge in [0.25, 0.3) is 0 Å². The van der Waals surface area contributed by atoms with Crippen LogP contribution < -0.4 is 0 Å². The van der Waals surface area contributed by atoms with Crippen LogP contribution in [0.1, 0.15) is 14.7 Å². The van der Waals surface area contributed by atoms with Crippen LogP contribution in [0.2, 0.25) is 0 Å². The Morgan fingerprint density at radius 1 is 1.42 bits per heavy atom. The van der Waals surface area contributed by atoms with Crippen molar-refractivity contribution in [2.75, 3.05) is 0 Å². The molecule has 0 fully saturated rings. The van der Waals surface area contributed by atoms with Gasteiger partial charge in [-0.3, -0.25) is 4.79 Å². The molecule has 5 nitrogen and oxygen atoms in total. The van der Waals surface area contributed by atoms with Gasteiger partial charge in [-0.25, -0.2) is 0 Å². The molecule has 0 aromatic carbocycles. The molecule has 0 amide bonds. The van der Waals surface area contributed by atoms with E-state index in [9.17, 15) is 4.79 Å². The fourth-order valence-electron chi connectivity index (χ4n) is 0.645. The molecule has 0 saturated heterocycles. The van der Waals surface area contributed by atoms with Gasteiger partial charge in [0.1, 0.15) is 10.4 Å². The van der Waals surface area contributed by atoms with Crippen molar-refractivity contribution in [3.8, 4) is 0 Å². The molecule has 0 bridgehead atoms. The predicted octanol–water partition coefficient (Wildman–Crippen LogP) is 0.621. The highest BCUT2D eigenvalue weighted by Crippen LogP contribution is 2.11. The first kappa shape index (κ1) is 7.44. The summed E-state index contributed by atoms with van der Waals surface area (Å²) in [4.78, 5) is 11.9. The molecule has 2 heterocycles. The second-order valence-corrected chi connectivity index (χ2v) is 3.47. The van der Waals surface area contributed by atoms with E-state index < -0.39 is 0 Å². The molecule has 0 aliphatic heterocycles. The van der Waals surface area contributed by atoms with E-state index in [4.69, 9.17) is 0 Å². The topological polar surface area (TPSA) is 68.6 Å². The van der Waals surface area contributed by atoms with Gasteiger partial charge in [-0.1, -0.05) is 15.8 Å². The second-order valence-electron chi connectivity index (χ2n) is 1.85. The molecular formula is C5H2N4OS2. The van der Waals surface area contributed by atoms with E-state index in [-0.39, 0.29) is 5.78 Å². The molecule has 0 radical (unpaired) electrons. The maximum atomic E-state index is 11.4. The first-order valence-corrected chi connectivity index (χ1v) is 4.61. The molecular weight excluding hydrogens is 196 g/mol. The number of hydrogen-bond donors (Lipinski definition) is 0. The molecule has 7 heteroatoms. The van der Waals surface area contributed by atoms with E-state index in [0.29, 0.717) is 9.88 Å². The smallest absolute Gasteiger partial charge is 0.236 e. The summed E-state index contributed by atoms with van der Waals surface area (Å²) in [5.41, 5.74) is 1.52. The number of nitrogens with zero attached hydrogens (tertiary/aromatic N) is 4. The average Bonchev–Trinajstić information content (AvgIpc) is 2.77. The van der Waals surface area contributed by atoms with Crippen LogP contribution in [0.5, 0.6) is 0 Å². The van der Waals surface area contributed by atoms with Crippen LogP contribution in [0.4, 0.5) is 0 Å². The largest absolute Gasteiger partial charge is 0.285 e. The summed E-state index contributed by atoms with van der Waals surface area (Å²) in [6.07, 6.45) is 1.42.